The number of nitrogens with zero attached hydrogens (tertiary/aromatic N) is 2. The van der Waals surface area contributed by atoms with Crippen molar-refractivity contribution in [2.24, 2.45) is 11.8 Å². The average molecular weight is 289 g/mol. The topological polar surface area (TPSA) is 58.4 Å². The molecule has 3 fully saturated rings. The molecule has 2 saturated carbocycles. The summed E-state index contributed by atoms with van der Waals surface area (Å²) in [6.07, 6.45) is 5.54. The number of nitrogens with one attached hydrogen (secondary N) is 1. The summed E-state index contributed by atoms with van der Waals surface area (Å²) in [7, 11) is 2.17. The molecule has 3 aliphatic rings. The second kappa shape index (κ2) is 5.13. The van der Waals surface area contributed by atoms with Gasteiger partial charge in [0.25, 0.3) is 0 Å². The van der Waals surface area contributed by atoms with Crippen LogP contribution < -0.4 is 5.32 Å². The SMILES string of the molecule is CN(Cc1cc(C2CC2)on1)[C@H]1C[C@H]2CNC(=O)C[C@H]2C1. The van der Waals surface area contributed by atoms with Crippen LogP contribution in [0.4, 0.5) is 0 Å². The van der Waals surface area contributed by atoms with Crippen LogP contribution in [0.2, 0.25) is 0 Å². The van der Waals surface area contributed by atoms with Crippen LogP contribution in [0.25, 0.3) is 0 Å². The molecule has 0 bridgehead atoms. The highest BCUT2D eigenvalue weighted by Gasteiger charge is 2.39. The molecule has 21 heavy (non-hydrogen) atoms. The van der Waals surface area contributed by atoms with Crippen LogP contribution in [0, 0.1) is 11.8 Å². The van der Waals surface area contributed by atoms with Gasteiger partial charge in [-0.3, -0.25) is 9.69 Å². The minimum absolute atomic E-state index is 0.227. The standard InChI is InChI=1S/C16H23N3O2/c1-19(9-13-7-15(21-18-13)10-2-3-10)14-4-11-6-16(20)17-8-12(11)5-14/h7,10-12,14H,2-6,8-9H2,1H3,(H,17,20)/t11-,12+,14-/m1/s1. The lowest BCUT2D eigenvalue weighted by atomic mass is 9.89. The minimum atomic E-state index is 0.227. The summed E-state index contributed by atoms with van der Waals surface area (Å²) < 4.78 is 5.43. The van der Waals surface area contributed by atoms with Gasteiger partial charge in [0.1, 0.15) is 5.76 Å². The van der Waals surface area contributed by atoms with Crippen molar-refractivity contribution in [3.8, 4) is 0 Å². The van der Waals surface area contributed by atoms with Crippen molar-refractivity contribution in [1.29, 1.82) is 0 Å². The number of hydrogen-bond acceptors (Lipinski definition) is 4. The lowest BCUT2D eigenvalue weighted by Gasteiger charge is -2.24. The zero-order valence-corrected chi connectivity index (χ0v) is 12.5. The largest absolute Gasteiger partial charge is 0.361 e. The molecule has 1 aliphatic heterocycles. The van der Waals surface area contributed by atoms with Crippen molar-refractivity contribution < 1.29 is 9.32 Å². The molecule has 0 aromatic carbocycles. The van der Waals surface area contributed by atoms with E-state index >= 15 is 0 Å². The lowest BCUT2D eigenvalue weighted by molar-refractivity contribution is -0.124. The monoisotopic (exact) mass is 289 g/mol. The van der Waals surface area contributed by atoms with E-state index in [-0.39, 0.29) is 5.91 Å². The van der Waals surface area contributed by atoms with Gasteiger partial charge in [-0.05, 0) is 44.6 Å². The first-order chi connectivity index (χ1) is 10.2. The van der Waals surface area contributed by atoms with E-state index in [0.29, 0.717) is 30.2 Å². The molecule has 1 aromatic rings. The molecule has 3 atom stereocenters. The lowest BCUT2D eigenvalue weighted by Crippen LogP contribution is -2.38. The summed E-state index contributed by atoms with van der Waals surface area (Å²) in [5, 5.41) is 7.21. The number of piperidine rings is 1. The first kappa shape index (κ1) is 13.3. The fraction of sp³-hybridized carbons (Fsp3) is 0.750. The third-order valence-corrected chi connectivity index (χ3v) is 5.42. The molecule has 1 amide bonds. The number of amides is 1. The number of aromatic nitrogens is 1. The minimum Gasteiger partial charge on any atom is -0.361 e. The number of rotatable bonds is 4. The van der Waals surface area contributed by atoms with E-state index < -0.39 is 0 Å². The summed E-state index contributed by atoms with van der Waals surface area (Å²) in [6, 6.07) is 2.69. The van der Waals surface area contributed by atoms with Crippen molar-refractivity contribution in [3.05, 3.63) is 17.5 Å². The van der Waals surface area contributed by atoms with E-state index in [1.54, 1.807) is 0 Å². The van der Waals surface area contributed by atoms with E-state index in [4.69, 9.17) is 4.52 Å². The van der Waals surface area contributed by atoms with E-state index in [1.165, 1.54) is 19.3 Å². The van der Waals surface area contributed by atoms with Gasteiger partial charge in [-0.1, -0.05) is 5.16 Å². The second-order valence-electron chi connectivity index (χ2n) is 7.06. The Bertz CT molecular complexity index is 537. The maximum Gasteiger partial charge on any atom is 0.220 e. The van der Waals surface area contributed by atoms with Crippen LogP contribution in [-0.4, -0.2) is 35.6 Å². The fourth-order valence-electron chi connectivity index (χ4n) is 3.94. The highest BCUT2D eigenvalue weighted by atomic mass is 16.5. The van der Waals surface area contributed by atoms with Crippen molar-refractivity contribution in [2.45, 2.75) is 50.6 Å². The van der Waals surface area contributed by atoms with Gasteiger partial charge in [-0.25, -0.2) is 0 Å². The highest BCUT2D eigenvalue weighted by Crippen LogP contribution is 2.41. The zero-order valence-electron chi connectivity index (χ0n) is 12.5. The molecule has 0 unspecified atom stereocenters. The quantitative estimate of drug-likeness (QED) is 0.919. The van der Waals surface area contributed by atoms with Crippen LogP contribution in [0.3, 0.4) is 0 Å². The first-order valence-corrected chi connectivity index (χ1v) is 8.11. The Morgan fingerprint density at radius 1 is 1.38 bits per heavy atom. The molecule has 1 N–H and O–H groups in total. The third-order valence-electron chi connectivity index (χ3n) is 5.42. The summed E-state index contributed by atoms with van der Waals surface area (Å²) in [4.78, 5) is 13.9. The fourth-order valence-corrected chi connectivity index (χ4v) is 3.94. The normalized spacial score (nSPS) is 32.3. The van der Waals surface area contributed by atoms with Crippen LogP contribution in [0.15, 0.2) is 10.6 Å². The maximum absolute atomic E-state index is 11.5. The van der Waals surface area contributed by atoms with Gasteiger partial charge >= 0.3 is 0 Å². The van der Waals surface area contributed by atoms with E-state index in [0.717, 1.165) is 31.0 Å². The average Bonchev–Trinajstić information content (AvgIpc) is 3.06. The molecule has 5 nitrogen and oxygen atoms in total. The van der Waals surface area contributed by atoms with Crippen molar-refractivity contribution in [3.63, 3.8) is 0 Å². The Kier molecular flexibility index (Phi) is 3.25. The van der Waals surface area contributed by atoms with Gasteiger partial charge in [0, 0.05) is 37.5 Å². The van der Waals surface area contributed by atoms with Crippen molar-refractivity contribution in [2.75, 3.05) is 13.6 Å². The molecule has 0 radical (unpaired) electrons. The van der Waals surface area contributed by atoms with E-state index in [9.17, 15) is 4.79 Å². The first-order valence-electron chi connectivity index (χ1n) is 8.11. The Morgan fingerprint density at radius 2 is 2.19 bits per heavy atom. The highest BCUT2D eigenvalue weighted by molar-refractivity contribution is 5.77. The molecule has 114 valence electrons. The van der Waals surface area contributed by atoms with Gasteiger partial charge in [0.05, 0.1) is 5.69 Å². The second-order valence-corrected chi connectivity index (χ2v) is 7.06. The summed E-state index contributed by atoms with van der Waals surface area (Å²) in [5.74, 6) is 3.15. The molecule has 1 saturated heterocycles. The molecular weight excluding hydrogens is 266 g/mol. The predicted octanol–water partition coefficient (Wildman–Crippen LogP) is 1.90. The summed E-state index contributed by atoms with van der Waals surface area (Å²) >= 11 is 0. The molecular formula is C16H23N3O2. The van der Waals surface area contributed by atoms with Crippen molar-refractivity contribution in [1.82, 2.24) is 15.4 Å². The van der Waals surface area contributed by atoms with Gasteiger partial charge in [0.2, 0.25) is 5.91 Å². The molecule has 1 aromatic heterocycles. The third kappa shape index (κ3) is 2.71. The number of fused-ring (bicyclic) bond motifs is 1. The molecule has 2 aliphatic carbocycles. The summed E-state index contributed by atoms with van der Waals surface area (Å²) in [5.41, 5.74) is 1.04. The zero-order chi connectivity index (χ0) is 14.4. The Hall–Kier alpha value is -1.36. The molecule has 2 heterocycles. The smallest absolute Gasteiger partial charge is 0.220 e. The maximum atomic E-state index is 11.5. The molecule has 0 spiro atoms. The Labute approximate surface area is 125 Å². The number of carbonyl (C=O) groups excluding carboxylic acids is 1. The van der Waals surface area contributed by atoms with Crippen LogP contribution >= 0.6 is 0 Å². The molecule has 5 heteroatoms. The van der Waals surface area contributed by atoms with E-state index in [1.807, 2.05) is 0 Å². The predicted molar refractivity (Wildman–Crippen MR) is 77.6 cm³/mol. The summed E-state index contributed by atoms with van der Waals surface area (Å²) in [6.45, 7) is 1.71. The van der Waals surface area contributed by atoms with Crippen LogP contribution in [0.5, 0.6) is 0 Å². The van der Waals surface area contributed by atoms with Crippen LogP contribution in [0.1, 0.15) is 49.5 Å². The van der Waals surface area contributed by atoms with Gasteiger partial charge in [0.15, 0.2) is 0 Å². The Balaban J connectivity index is 1.36. The van der Waals surface area contributed by atoms with Gasteiger partial charge < -0.3 is 9.84 Å². The van der Waals surface area contributed by atoms with Gasteiger partial charge in [-0.15, -0.1) is 0 Å². The molecule has 4 rings (SSSR count). The van der Waals surface area contributed by atoms with Gasteiger partial charge in [-0.2, -0.15) is 0 Å². The Morgan fingerprint density at radius 3 is 3.00 bits per heavy atom. The van der Waals surface area contributed by atoms with Crippen LogP contribution in [-0.2, 0) is 11.3 Å². The van der Waals surface area contributed by atoms with E-state index in [2.05, 4.69) is 28.5 Å². The number of hydrogen-bond donors (Lipinski definition) is 1. The van der Waals surface area contributed by atoms with Crippen molar-refractivity contribution >= 4 is 5.91 Å². The number of carbonyl (C=O) groups is 1.